The topological polar surface area (TPSA) is 112 Å². The van der Waals surface area contributed by atoms with Crippen LogP contribution in [-0.2, 0) is 16.1 Å². The number of rotatable bonds is 7. The summed E-state index contributed by atoms with van der Waals surface area (Å²) in [5.41, 5.74) is 10.6. The van der Waals surface area contributed by atoms with Crippen molar-refractivity contribution in [1.82, 2.24) is 14.8 Å². The molecule has 0 radical (unpaired) electrons. The van der Waals surface area contributed by atoms with Gasteiger partial charge in [-0.3, -0.25) is 9.48 Å². The second kappa shape index (κ2) is 9.79. The van der Waals surface area contributed by atoms with Gasteiger partial charge in [0, 0.05) is 29.1 Å². The lowest BCUT2D eigenvalue weighted by Crippen LogP contribution is -2.11. The zero-order chi connectivity index (χ0) is 26.2. The monoisotopic (exact) mass is 508 g/mol. The van der Waals surface area contributed by atoms with Crippen LogP contribution < -0.4 is 10.5 Å². The lowest BCUT2D eigenvalue weighted by atomic mass is 10.00. The van der Waals surface area contributed by atoms with Crippen molar-refractivity contribution < 1.29 is 19.4 Å². The summed E-state index contributed by atoms with van der Waals surface area (Å²) >= 11 is 0. The van der Waals surface area contributed by atoms with E-state index in [9.17, 15) is 9.90 Å². The maximum absolute atomic E-state index is 11.6. The Labute approximate surface area is 219 Å². The van der Waals surface area contributed by atoms with E-state index in [1.807, 2.05) is 22.9 Å². The highest BCUT2D eigenvalue weighted by molar-refractivity contribution is 5.95. The standard InChI is InChI=1S/C30H28N4O4/c1-18(30(35)36)23-4-2-3-5-28(23)38-17-26-25-15-21(8-9-27(25)34(33-26)22-11-13-37-16-22)20-7-6-19-10-12-32-29(31)24(19)14-20/h2-10,12,14-15,18,22H,11,13,16-17H2,1H3,(H2,31,32)(H,35,36). The number of ether oxygens (including phenoxy) is 2. The molecular weight excluding hydrogens is 480 g/mol. The number of aromatic nitrogens is 3. The first kappa shape index (κ1) is 23.9. The first-order chi connectivity index (χ1) is 18.5. The van der Waals surface area contributed by atoms with Crippen molar-refractivity contribution >= 4 is 33.5 Å². The minimum absolute atomic E-state index is 0.156. The molecule has 3 aromatic carbocycles. The number of nitrogen functional groups attached to an aromatic ring is 1. The smallest absolute Gasteiger partial charge is 0.310 e. The average Bonchev–Trinajstić information content (AvgIpc) is 3.59. The number of carboxylic acid groups (broad SMARTS) is 1. The molecule has 38 heavy (non-hydrogen) atoms. The highest BCUT2D eigenvalue weighted by Crippen LogP contribution is 2.34. The number of anilines is 1. The Morgan fingerprint density at radius 2 is 1.92 bits per heavy atom. The molecule has 1 saturated heterocycles. The Morgan fingerprint density at radius 3 is 2.71 bits per heavy atom. The summed E-state index contributed by atoms with van der Waals surface area (Å²) in [7, 11) is 0. The molecule has 1 fully saturated rings. The second-order valence-electron chi connectivity index (χ2n) is 9.66. The number of hydrogen-bond acceptors (Lipinski definition) is 6. The Hall–Kier alpha value is -4.43. The minimum atomic E-state index is -0.895. The van der Waals surface area contributed by atoms with Crippen LogP contribution in [0.5, 0.6) is 5.75 Å². The molecule has 5 aromatic rings. The molecule has 2 unspecified atom stereocenters. The molecule has 0 spiro atoms. The van der Waals surface area contributed by atoms with E-state index in [-0.39, 0.29) is 12.6 Å². The van der Waals surface area contributed by atoms with Crippen molar-refractivity contribution in [2.24, 2.45) is 0 Å². The summed E-state index contributed by atoms with van der Waals surface area (Å²) in [6, 6.07) is 21.9. The van der Waals surface area contributed by atoms with Gasteiger partial charge >= 0.3 is 5.97 Å². The third kappa shape index (κ3) is 4.33. The molecule has 8 heteroatoms. The molecule has 8 nitrogen and oxygen atoms in total. The molecule has 1 aliphatic rings. The number of fused-ring (bicyclic) bond motifs is 2. The van der Waals surface area contributed by atoms with Gasteiger partial charge in [-0.25, -0.2) is 4.98 Å². The van der Waals surface area contributed by atoms with E-state index in [1.165, 1.54) is 0 Å². The van der Waals surface area contributed by atoms with Gasteiger partial charge in [0.25, 0.3) is 0 Å². The van der Waals surface area contributed by atoms with Crippen LogP contribution in [0.15, 0.2) is 72.9 Å². The normalized spacial score (nSPS) is 16.2. The minimum Gasteiger partial charge on any atom is -0.487 e. The fourth-order valence-electron chi connectivity index (χ4n) is 5.10. The van der Waals surface area contributed by atoms with Crippen LogP contribution in [0.25, 0.3) is 32.8 Å². The highest BCUT2D eigenvalue weighted by Gasteiger charge is 2.24. The Kier molecular flexibility index (Phi) is 6.17. The largest absolute Gasteiger partial charge is 0.487 e. The van der Waals surface area contributed by atoms with Crippen molar-refractivity contribution in [2.75, 3.05) is 18.9 Å². The van der Waals surface area contributed by atoms with E-state index in [0.717, 1.165) is 44.9 Å². The van der Waals surface area contributed by atoms with Gasteiger partial charge in [0.05, 0.1) is 24.1 Å². The van der Waals surface area contributed by atoms with Crippen molar-refractivity contribution in [2.45, 2.75) is 31.9 Å². The number of aliphatic carboxylic acids is 1. The third-order valence-electron chi connectivity index (χ3n) is 7.28. The molecule has 0 bridgehead atoms. The number of nitrogens with two attached hydrogens (primary N) is 1. The van der Waals surface area contributed by atoms with Gasteiger partial charge in [0.2, 0.25) is 0 Å². The molecule has 3 N–H and O–H groups in total. The molecule has 2 atom stereocenters. The summed E-state index contributed by atoms with van der Waals surface area (Å²) in [5.74, 6) is -0.531. The van der Waals surface area contributed by atoms with Gasteiger partial charge in [-0.2, -0.15) is 5.10 Å². The van der Waals surface area contributed by atoms with Gasteiger partial charge in [-0.1, -0.05) is 36.4 Å². The summed E-state index contributed by atoms with van der Waals surface area (Å²) in [6.07, 6.45) is 2.61. The first-order valence-electron chi connectivity index (χ1n) is 12.7. The SMILES string of the molecule is CC(C(=O)O)c1ccccc1OCc1nn(C2CCOC2)c2ccc(-c3ccc4ccnc(N)c4c3)cc12. The molecular formula is C30H28N4O4. The van der Waals surface area contributed by atoms with Gasteiger partial charge in [-0.15, -0.1) is 0 Å². The Morgan fingerprint density at radius 1 is 1.13 bits per heavy atom. The molecule has 3 heterocycles. The van der Waals surface area contributed by atoms with E-state index in [4.69, 9.17) is 20.3 Å². The third-order valence-corrected chi connectivity index (χ3v) is 7.28. The maximum Gasteiger partial charge on any atom is 0.310 e. The van der Waals surface area contributed by atoms with Crippen LogP contribution in [0.3, 0.4) is 0 Å². The van der Waals surface area contributed by atoms with Crippen LogP contribution in [0.4, 0.5) is 5.82 Å². The van der Waals surface area contributed by atoms with Crippen molar-refractivity contribution in [1.29, 1.82) is 0 Å². The fourth-order valence-corrected chi connectivity index (χ4v) is 5.10. The predicted octanol–water partition coefficient (Wildman–Crippen LogP) is 5.56. The molecule has 0 amide bonds. The van der Waals surface area contributed by atoms with Crippen molar-refractivity contribution in [3.05, 3.63) is 84.2 Å². The average molecular weight is 509 g/mol. The van der Waals surface area contributed by atoms with E-state index in [1.54, 1.807) is 25.3 Å². The molecule has 6 rings (SSSR count). The quantitative estimate of drug-likeness (QED) is 0.296. The second-order valence-corrected chi connectivity index (χ2v) is 9.66. The van der Waals surface area contributed by atoms with Crippen LogP contribution in [0.2, 0.25) is 0 Å². The Bertz CT molecular complexity index is 1660. The van der Waals surface area contributed by atoms with Crippen molar-refractivity contribution in [3.63, 3.8) is 0 Å². The number of benzene rings is 3. The van der Waals surface area contributed by atoms with Crippen LogP contribution in [0.1, 0.15) is 36.6 Å². The van der Waals surface area contributed by atoms with Crippen LogP contribution >= 0.6 is 0 Å². The van der Waals surface area contributed by atoms with E-state index in [0.29, 0.717) is 30.3 Å². The highest BCUT2D eigenvalue weighted by atomic mass is 16.5. The molecule has 1 aliphatic heterocycles. The molecule has 0 aliphatic carbocycles. The van der Waals surface area contributed by atoms with Crippen molar-refractivity contribution in [3.8, 4) is 16.9 Å². The van der Waals surface area contributed by atoms with Gasteiger partial charge in [0.1, 0.15) is 23.9 Å². The Balaban J connectivity index is 1.41. The van der Waals surface area contributed by atoms with E-state index in [2.05, 4.69) is 41.4 Å². The lowest BCUT2D eigenvalue weighted by Gasteiger charge is -2.13. The number of hydrogen-bond donors (Lipinski definition) is 2. The van der Waals surface area contributed by atoms with E-state index < -0.39 is 11.9 Å². The number of nitrogens with zero attached hydrogens (tertiary/aromatic N) is 3. The number of carboxylic acids is 1. The first-order valence-corrected chi connectivity index (χ1v) is 12.7. The summed E-state index contributed by atoms with van der Waals surface area (Å²) in [6.45, 7) is 3.20. The number of pyridine rings is 1. The molecule has 0 saturated carbocycles. The maximum atomic E-state index is 11.6. The summed E-state index contributed by atoms with van der Waals surface area (Å²) in [5, 5.41) is 17.4. The van der Waals surface area contributed by atoms with Gasteiger partial charge in [0.15, 0.2) is 0 Å². The summed E-state index contributed by atoms with van der Waals surface area (Å²) in [4.78, 5) is 15.9. The van der Waals surface area contributed by atoms with Crippen LogP contribution in [0, 0.1) is 0 Å². The molecule has 192 valence electrons. The van der Waals surface area contributed by atoms with Gasteiger partial charge in [-0.05, 0) is 60.2 Å². The summed E-state index contributed by atoms with van der Waals surface area (Å²) < 4.78 is 13.9. The number of carbonyl (C=O) groups is 1. The number of para-hydroxylation sites is 1. The fraction of sp³-hybridized carbons (Fsp3) is 0.233. The van der Waals surface area contributed by atoms with Crippen LogP contribution in [-0.4, -0.2) is 39.1 Å². The zero-order valence-corrected chi connectivity index (χ0v) is 21.0. The zero-order valence-electron chi connectivity index (χ0n) is 21.0. The van der Waals surface area contributed by atoms with E-state index >= 15 is 0 Å². The molecule has 2 aromatic heterocycles. The lowest BCUT2D eigenvalue weighted by molar-refractivity contribution is -0.138. The van der Waals surface area contributed by atoms with Gasteiger partial charge < -0.3 is 20.3 Å². The predicted molar refractivity (Wildman–Crippen MR) is 146 cm³/mol.